The van der Waals surface area contributed by atoms with Gasteiger partial charge in [0, 0.05) is 12.1 Å². The summed E-state index contributed by atoms with van der Waals surface area (Å²) in [6.45, 7) is 2.21. The minimum atomic E-state index is -0.251. The molecule has 17 heavy (non-hydrogen) atoms. The fourth-order valence-corrected chi connectivity index (χ4v) is 1.41. The lowest BCUT2D eigenvalue weighted by Crippen LogP contribution is -2.12. The molecule has 2 rings (SSSR count). The predicted octanol–water partition coefficient (Wildman–Crippen LogP) is 1.69. The van der Waals surface area contributed by atoms with E-state index >= 15 is 0 Å². The first kappa shape index (κ1) is 11.3. The van der Waals surface area contributed by atoms with Gasteiger partial charge in [-0.15, -0.1) is 0 Å². The van der Waals surface area contributed by atoms with Gasteiger partial charge in [0.05, 0.1) is 5.69 Å². The number of amides is 1. The highest BCUT2D eigenvalue weighted by Crippen LogP contribution is 2.10. The number of nitrogens with one attached hydrogen (secondary N) is 1. The summed E-state index contributed by atoms with van der Waals surface area (Å²) in [7, 11) is 0. The summed E-state index contributed by atoms with van der Waals surface area (Å²) in [4.78, 5) is 15.8. The number of rotatable bonds is 3. The molecule has 0 saturated heterocycles. The Kier molecular flexibility index (Phi) is 3.20. The standard InChI is InChI=1S/C12H13N3O2/c1-8-3-2-4-9(5-8)11(16)15-12-14-10(6-13)7-17-12/h2-5,7H,6,13H2,1H3,(H,14,15,16). The minimum absolute atomic E-state index is 0.164. The molecule has 88 valence electrons. The van der Waals surface area contributed by atoms with Crippen LogP contribution in [0.5, 0.6) is 0 Å². The molecule has 1 aromatic heterocycles. The molecule has 0 aliphatic rings. The second-order valence-electron chi connectivity index (χ2n) is 3.67. The third kappa shape index (κ3) is 2.70. The largest absolute Gasteiger partial charge is 0.432 e. The molecule has 1 heterocycles. The predicted molar refractivity (Wildman–Crippen MR) is 63.5 cm³/mol. The number of hydrogen-bond donors (Lipinski definition) is 2. The van der Waals surface area contributed by atoms with Gasteiger partial charge in [-0.3, -0.25) is 10.1 Å². The lowest BCUT2D eigenvalue weighted by molar-refractivity contribution is 0.102. The van der Waals surface area contributed by atoms with Gasteiger partial charge in [-0.05, 0) is 19.1 Å². The Morgan fingerprint density at radius 3 is 3.00 bits per heavy atom. The number of carbonyl (C=O) groups excluding carboxylic acids is 1. The molecule has 0 unspecified atom stereocenters. The molecule has 1 amide bonds. The van der Waals surface area contributed by atoms with Crippen molar-refractivity contribution in [3.8, 4) is 0 Å². The van der Waals surface area contributed by atoms with Crippen molar-refractivity contribution in [2.45, 2.75) is 13.5 Å². The zero-order valence-electron chi connectivity index (χ0n) is 9.43. The Hall–Kier alpha value is -2.14. The van der Waals surface area contributed by atoms with Gasteiger partial charge in [0.1, 0.15) is 6.26 Å². The van der Waals surface area contributed by atoms with Crippen molar-refractivity contribution in [1.29, 1.82) is 0 Å². The summed E-state index contributed by atoms with van der Waals surface area (Å²) in [6, 6.07) is 7.44. The highest BCUT2D eigenvalue weighted by Gasteiger charge is 2.09. The van der Waals surface area contributed by atoms with Crippen molar-refractivity contribution in [1.82, 2.24) is 4.98 Å². The molecule has 0 aliphatic carbocycles. The third-order valence-electron chi connectivity index (χ3n) is 2.26. The van der Waals surface area contributed by atoms with Crippen LogP contribution < -0.4 is 11.1 Å². The lowest BCUT2D eigenvalue weighted by Gasteiger charge is -2.01. The van der Waals surface area contributed by atoms with Gasteiger partial charge in [-0.1, -0.05) is 17.7 Å². The second kappa shape index (κ2) is 4.80. The Labute approximate surface area is 98.6 Å². The molecule has 0 spiro atoms. The van der Waals surface area contributed by atoms with E-state index in [4.69, 9.17) is 10.2 Å². The number of anilines is 1. The van der Waals surface area contributed by atoms with Crippen LogP contribution >= 0.6 is 0 Å². The van der Waals surface area contributed by atoms with Crippen molar-refractivity contribution in [3.05, 3.63) is 47.3 Å². The van der Waals surface area contributed by atoms with E-state index in [0.29, 0.717) is 11.3 Å². The van der Waals surface area contributed by atoms with Crippen LogP contribution in [0.3, 0.4) is 0 Å². The van der Waals surface area contributed by atoms with Gasteiger partial charge >= 0.3 is 6.01 Å². The van der Waals surface area contributed by atoms with Crippen molar-refractivity contribution in [3.63, 3.8) is 0 Å². The molecule has 5 heteroatoms. The summed E-state index contributed by atoms with van der Waals surface area (Å²) < 4.78 is 5.05. The summed E-state index contributed by atoms with van der Waals surface area (Å²) in [6.07, 6.45) is 1.42. The number of aryl methyl sites for hydroxylation is 1. The molecule has 0 saturated carbocycles. The fourth-order valence-electron chi connectivity index (χ4n) is 1.41. The van der Waals surface area contributed by atoms with E-state index in [1.54, 1.807) is 12.1 Å². The fraction of sp³-hybridized carbons (Fsp3) is 0.167. The Morgan fingerprint density at radius 1 is 1.53 bits per heavy atom. The van der Waals surface area contributed by atoms with Crippen LogP contribution in [0.1, 0.15) is 21.6 Å². The van der Waals surface area contributed by atoms with Gasteiger partial charge in [0.15, 0.2) is 0 Å². The van der Waals surface area contributed by atoms with E-state index in [2.05, 4.69) is 10.3 Å². The number of oxazole rings is 1. The average molecular weight is 231 g/mol. The lowest BCUT2D eigenvalue weighted by atomic mass is 10.1. The van der Waals surface area contributed by atoms with Gasteiger partial charge < -0.3 is 10.2 Å². The van der Waals surface area contributed by atoms with E-state index in [-0.39, 0.29) is 18.5 Å². The quantitative estimate of drug-likeness (QED) is 0.842. The SMILES string of the molecule is Cc1cccc(C(=O)Nc2nc(CN)co2)c1. The normalized spacial score (nSPS) is 10.2. The van der Waals surface area contributed by atoms with Crippen molar-refractivity contribution in [2.75, 3.05) is 5.32 Å². The first-order valence-electron chi connectivity index (χ1n) is 5.21. The Balaban J connectivity index is 2.11. The van der Waals surface area contributed by atoms with Crippen LogP contribution in [0, 0.1) is 6.92 Å². The molecule has 2 aromatic rings. The Morgan fingerprint density at radius 2 is 2.35 bits per heavy atom. The van der Waals surface area contributed by atoms with E-state index in [1.165, 1.54) is 6.26 Å². The van der Waals surface area contributed by atoms with Gasteiger partial charge in [-0.25, -0.2) is 0 Å². The second-order valence-corrected chi connectivity index (χ2v) is 3.67. The molecule has 5 nitrogen and oxygen atoms in total. The molecule has 3 N–H and O–H groups in total. The number of nitrogens with two attached hydrogens (primary N) is 1. The Bertz CT molecular complexity index is 534. The monoisotopic (exact) mass is 231 g/mol. The number of carbonyl (C=O) groups is 1. The summed E-state index contributed by atoms with van der Waals surface area (Å²) in [5, 5.41) is 2.57. The van der Waals surface area contributed by atoms with Gasteiger partial charge in [0.25, 0.3) is 5.91 Å². The molecule has 0 aliphatic heterocycles. The number of hydrogen-bond acceptors (Lipinski definition) is 4. The molecule has 0 bridgehead atoms. The topological polar surface area (TPSA) is 81.2 Å². The van der Waals surface area contributed by atoms with Crippen LogP contribution in [0.15, 0.2) is 34.9 Å². The van der Waals surface area contributed by atoms with Crippen LogP contribution in [-0.2, 0) is 6.54 Å². The number of nitrogens with zero attached hydrogens (tertiary/aromatic N) is 1. The summed E-state index contributed by atoms with van der Waals surface area (Å²) in [5.41, 5.74) is 7.58. The van der Waals surface area contributed by atoms with E-state index in [0.717, 1.165) is 5.56 Å². The van der Waals surface area contributed by atoms with E-state index in [9.17, 15) is 4.79 Å². The first-order chi connectivity index (χ1) is 8.19. The van der Waals surface area contributed by atoms with Crippen molar-refractivity contribution >= 4 is 11.9 Å². The minimum Gasteiger partial charge on any atom is -0.432 e. The van der Waals surface area contributed by atoms with E-state index in [1.807, 2.05) is 19.1 Å². The van der Waals surface area contributed by atoms with Crippen molar-refractivity contribution < 1.29 is 9.21 Å². The zero-order valence-corrected chi connectivity index (χ0v) is 9.43. The van der Waals surface area contributed by atoms with Crippen LogP contribution in [0.25, 0.3) is 0 Å². The third-order valence-corrected chi connectivity index (χ3v) is 2.26. The molecule has 0 fully saturated rings. The molecule has 1 aromatic carbocycles. The molecular weight excluding hydrogens is 218 g/mol. The zero-order chi connectivity index (χ0) is 12.3. The smallest absolute Gasteiger partial charge is 0.301 e. The van der Waals surface area contributed by atoms with E-state index < -0.39 is 0 Å². The molecule has 0 atom stereocenters. The highest BCUT2D eigenvalue weighted by molar-refractivity contribution is 6.03. The van der Waals surface area contributed by atoms with Crippen LogP contribution in [0.2, 0.25) is 0 Å². The first-order valence-corrected chi connectivity index (χ1v) is 5.21. The van der Waals surface area contributed by atoms with Crippen LogP contribution in [0.4, 0.5) is 6.01 Å². The van der Waals surface area contributed by atoms with Gasteiger partial charge in [-0.2, -0.15) is 4.98 Å². The summed E-state index contributed by atoms with van der Waals surface area (Å²) >= 11 is 0. The molecular formula is C12H13N3O2. The maximum absolute atomic E-state index is 11.8. The van der Waals surface area contributed by atoms with Gasteiger partial charge in [0.2, 0.25) is 0 Å². The molecule has 0 radical (unpaired) electrons. The van der Waals surface area contributed by atoms with Crippen molar-refractivity contribution in [2.24, 2.45) is 5.73 Å². The number of aromatic nitrogens is 1. The maximum atomic E-state index is 11.8. The summed E-state index contributed by atoms with van der Waals surface area (Å²) in [5.74, 6) is -0.251. The average Bonchev–Trinajstić information content (AvgIpc) is 2.77. The maximum Gasteiger partial charge on any atom is 0.301 e. The van der Waals surface area contributed by atoms with Crippen LogP contribution in [-0.4, -0.2) is 10.9 Å². The highest BCUT2D eigenvalue weighted by atomic mass is 16.4. The number of benzene rings is 1.